The first-order valence-corrected chi connectivity index (χ1v) is 9.80. The molecular formula is C20H37N3O4. The normalized spacial score (nSPS) is 20.2. The van der Waals surface area contributed by atoms with Gasteiger partial charge in [0, 0.05) is 29.9 Å². The minimum atomic E-state index is -0.837. The Labute approximate surface area is 163 Å². The molecule has 1 heterocycles. The summed E-state index contributed by atoms with van der Waals surface area (Å²) in [5.74, 6) is -0.694. The van der Waals surface area contributed by atoms with E-state index in [1.807, 2.05) is 27.7 Å². The van der Waals surface area contributed by atoms with E-state index in [4.69, 9.17) is 14.9 Å². The Kier molecular flexibility index (Phi) is 8.91. The molecule has 1 unspecified atom stereocenters. The Bertz CT molecular complexity index is 537. The second kappa shape index (κ2) is 10.2. The number of aliphatic hydroxyl groups excluding tert-OH is 1. The van der Waals surface area contributed by atoms with Crippen LogP contribution in [0.4, 0.5) is 0 Å². The van der Waals surface area contributed by atoms with Gasteiger partial charge in [-0.2, -0.15) is 0 Å². The Balaban J connectivity index is 2.60. The van der Waals surface area contributed by atoms with Crippen LogP contribution in [0.5, 0.6) is 0 Å². The van der Waals surface area contributed by atoms with Crippen molar-refractivity contribution in [1.82, 2.24) is 10.6 Å². The summed E-state index contributed by atoms with van der Waals surface area (Å²) in [6.45, 7) is 12.3. The summed E-state index contributed by atoms with van der Waals surface area (Å²) in [6.07, 6.45) is 4.92. The smallest absolute Gasteiger partial charge is 0.246 e. The molecule has 0 aromatic rings. The minimum absolute atomic E-state index is 0.170. The summed E-state index contributed by atoms with van der Waals surface area (Å²) in [6, 6.07) is 0.174. The zero-order chi connectivity index (χ0) is 20.7. The van der Waals surface area contributed by atoms with E-state index in [-0.39, 0.29) is 29.8 Å². The Morgan fingerprint density at radius 3 is 2.59 bits per heavy atom. The molecular weight excluding hydrogens is 346 g/mol. The second-order valence-corrected chi connectivity index (χ2v) is 8.47. The van der Waals surface area contributed by atoms with Crippen molar-refractivity contribution in [3.8, 4) is 0 Å². The number of amides is 1. The zero-order valence-corrected chi connectivity index (χ0v) is 17.6. The monoisotopic (exact) mass is 383 g/mol. The maximum absolute atomic E-state index is 12.4. The highest BCUT2D eigenvalue weighted by molar-refractivity contribution is 5.98. The lowest BCUT2D eigenvalue weighted by molar-refractivity contribution is -0.171. The van der Waals surface area contributed by atoms with Crippen molar-refractivity contribution >= 4 is 11.6 Å². The summed E-state index contributed by atoms with van der Waals surface area (Å²) in [7, 11) is 0. The van der Waals surface area contributed by atoms with Gasteiger partial charge in [0.05, 0.1) is 12.1 Å². The number of rotatable bonds is 10. The van der Waals surface area contributed by atoms with Crippen LogP contribution in [0.1, 0.15) is 67.2 Å². The van der Waals surface area contributed by atoms with Gasteiger partial charge in [-0.3, -0.25) is 10.1 Å². The van der Waals surface area contributed by atoms with Crippen LogP contribution in [0.2, 0.25) is 0 Å². The number of carbonyl (C=O) groups is 1. The predicted octanol–water partition coefficient (Wildman–Crippen LogP) is 3.26. The molecule has 4 N–H and O–H groups in total. The molecule has 0 radical (unpaired) electrons. The van der Waals surface area contributed by atoms with Crippen LogP contribution in [0.15, 0.2) is 12.0 Å². The molecule has 7 nitrogen and oxygen atoms in total. The molecule has 0 saturated carbocycles. The van der Waals surface area contributed by atoms with Gasteiger partial charge in [0.1, 0.15) is 0 Å². The van der Waals surface area contributed by atoms with Gasteiger partial charge in [-0.05, 0) is 46.5 Å². The first-order valence-electron chi connectivity index (χ1n) is 9.80. The van der Waals surface area contributed by atoms with Gasteiger partial charge in [0.25, 0.3) is 0 Å². The van der Waals surface area contributed by atoms with Gasteiger partial charge in [-0.1, -0.05) is 20.8 Å². The number of hydrogen-bond acceptors (Lipinski definition) is 6. The molecule has 1 aliphatic rings. The molecule has 1 amide bonds. The lowest BCUT2D eigenvalue weighted by Gasteiger charge is -2.30. The third-order valence-electron chi connectivity index (χ3n) is 4.81. The van der Waals surface area contributed by atoms with Crippen molar-refractivity contribution < 1.29 is 19.4 Å². The molecule has 7 heteroatoms. The SMILES string of the molecule is CC[C@H](C)NC(C)(C)C(=O)N/C(O)=C/C(=N)C(C)(C)COC1CCCCO1. The van der Waals surface area contributed by atoms with E-state index in [1.165, 1.54) is 6.08 Å². The largest absolute Gasteiger partial charge is 0.494 e. The van der Waals surface area contributed by atoms with Crippen LogP contribution in [0.3, 0.4) is 0 Å². The molecule has 27 heavy (non-hydrogen) atoms. The fourth-order valence-corrected chi connectivity index (χ4v) is 2.65. The Hall–Kier alpha value is -1.44. The first-order chi connectivity index (χ1) is 12.5. The summed E-state index contributed by atoms with van der Waals surface area (Å²) in [5.41, 5.74) is -1.29. The highest BCUT2D eigenvalue weighted by atomic mass is 16.7. The topological polar surface area (TPSA) is 104 Å². The lowest BCUT2D eigenvalue weighted by atomic mass is 9.88. The van der Waals surface area contributed by atoms with Crippen molar-refractivity contribution in [1.29, 1.82) is 5.41 Å². The number of carbonyl (C=O) groups excluding carboxylic acids is 1. The van der Waals surface area contributed by atoms with Gasteiger partial charge < -0.3 is 25.3 Å². The van der Waals surface area contributed by atoms with E-state index in [2.05, 4.69) is 10.6 Å². The van der Waals surface area contributed by atoms with Crippen molar-refractivity contribution in [2.24, 2.45) is 5.41 Å². The van der Waals surface area contributed by atoms with Crippen LogP contribution in [0.25, 0.3) is 0 Å². The minimum Gasteiger partial charge on any atom is -0.494 e. The van der Waals surface area contributed by atoms with Gasteiger partial charge in [0.15, 0.2) is 12.2 Å². The molecule has 0 spiro atoms. The number of hydrogen-bond donors (Lipinski definition) is 4. The number of allylic oxidation sites excluding steroid dienone is 1. The van der Waals surface area contributed by atoms with Crippen LogP contribution < -0.4 is 10.6 Å². The van der Waals surface area contributed by atoms with E-state index < -0.39 is 11.0 Å². The summed E-state index contributed by atoms with van der Waals surface area (Å²) in [4.78, 5) is 12.4. The van der Waals surface area contributed by atoms with Crippen molar-refractivity contribution in [2.45, 2.75) is 85.1 Å². The molecule has 1 fully saturated rings. The van der Waals surface area contributed by atoms with Crippen molar-refractivity contribution in [3.63, 3.8) is 0 Å². The fourth-order valence-electron chi connectivity index (χ4n) is 2.65. The summed E-state index contributed by atoms with van der Waals surface area (Å²) < 4.78 is 11.3. The molecule has 156 valence electrons. The Morgan fingerprint density at radius 1 is 1.37 bits per heavy atom. The number of aliphatic hydroxyl groups is 1. The molecule has 1 saturated heterocycles. The molecule has 0 aromatic heterocycles. The number of nitrogens with one attached hydrogen (secondary N) is 3. The quantitative estimate of drug-likeness (QED) is 0.342. The third kappa shape index (κ3) is 7.99. The fraction of sp³-hybridized carbons (Fsp3) is 0.800. The van der Waals surface area contributed by atoms with Crippen LogP contribution in [0, 0.1) is 10.8 Å². The summed E-state index contributed by atoms with van der Waals surface area (Å²) >= 11 is 0. The van der Waals surface area contributed by atoms with E-state index in [0.717, 1.165) is 25.7 Å². The Morgan fingerprint density at radius 2 is 2.04 bits per heavy atom. The first kappa shape index (κ1) is 23.6. The standard InChI is InChI=1S/C20H37N3O4/c1-7-14(2)23-20(5,6)18(25)22-16(24)12-15(21)19(3,4)13-27-17-10-8-9-11-26-17/h12,14,17,21,23-24H,7-11,13H2,1-6H3,(H,22,25)/b16-12-,21-15?/t14-,17?/m0/s1. The molecule has 1 rings (SSSR count). The van der Waals surface area contributed by atoms with Gasteiger partial charge in [-0.15, -0.1) is 0 Å². The second-order valence-electron chi connectivity index (χ2n) is 8.47. The van der Waals surface area contributed by atoms with Crippen LogP contribution in [-0.4, -0.2) is 47.8 Å². The van der Waals surface area contributed by atoms with Crippen molar-refractivity contribution in [2.75, 3.05) is 13.2 Å². The van der Waals surface area contributed by atoms with Crippen molar-refractivity contribution in [3.05, 3.63) is 12.0 Å². The summed E-state index contributed by atoms with van der Waals surface area (Å²) in [5, 5.41) is 24.1. The highest BCUT2D eigenvalue weighted by Gasteiger charge is 2.30. The molecule has 0 bridgehead atoms. The van der Waals surface area contributed by atoms with E-state index in [0.29, 0.717) is 13.2 Å². The van der Waals surface area contributed by atoms with Gasteiger partial charge in [0.2, 0.25) is 5.91 Å². The molecule has 2 atom stereocenters. The number of ether oxygens (including phenoxy) is 2. The van der Waals surface area contributed by atoms with Crippen LogP contribution >= 0.6 is 0 Å². The third-order valence-corrected chi connectivity index (χ3v) is 4.81. The average Bonchev–Trinajstić information content (AvgIpc) is 2.60. The van der Waals surface area contributed by atoms with E-state index in [1.54, 1.807) is 13.8 Å². The maximum atomic E-state index is 12.4. The average molecular weight is 384 g/mol. The van der Waals surface area contributed by atoms with Gasteiger partial charge in [-0.25, -0.2) is 0 Å². The molecule has 0 aliphatic carbocycles. The zero-order valence-electron chi connectivity index (χ0n) is 17.6. The molecule has 1 aliphatic heterocycles. The maximum Gasteiger partial charge on any atom is 0.246 e. The lowest BCUT2D eigenvalue weighted by Crippen LogP contribution is -2.55. The van der Waals surface area contributed by atoms with Crippen LogP contribution in [-0.2, 0) is 14.3 Å². The predicted molar refractivity (Wildman–Crippen MR) is 107 cm³/mol. The van der Waals surface area contributed by atoms with E-state index in [9.17, 15) is 9.90 Å². The van der Waals surface area contributed by atoms with Gasteiger partial charge >= 0.3 is 0 Å². The van der Waals surface area contributed by atoms with E-state index >= 15 is 0 Å². The highest BCUT2D eigenvalue weighted by Crippen LogP contribution is 2.22. The molecule has 0 aromatic carbocycles.